The highest BCUT2D eigenvalue weighted by Gasteiger charge is 2.20. The van der Waals surface area contributed by atoms with Crippen molar-refractivity contribution in [3.05, 3.63) is 34.3 Å². The van der Waals surface area contributed by atoms with E-state index in [9.17, 15) is 0 Å². The van der Waals surface area contributed by atoms with Gasteiger partial charge in [0.05, 0.1) is 6.04 Å². The first-order valence-corrected chi connectivity index (χ1v) is 7.27. The lowest BCUT2D eigenvalue weighted by Crippen LogP contribution is -2.24. The number of nitrogens with zero attached hydrogens (tertiary/aromatic N) is 3. The van der Waals surface area contributed by atoms with Gasteiger partial charge in [-0.1, -0.05) is 19.9 Å². The molecule has 0 amide bonds. The minimum atomic E-state index is 0.270. The molecule has 0 aliphatic rings. The van der Waals surface area contributed by atoms with Crippen LogP contribution in [0.15, 0.2) is 23.8 Å². The summed E-state index contributed by atoms with van der Waals surface area (Å²) in [7, 11) is 2.05. The lowest BCUT2D eigenvalue weighted by molar-refractivity contribution is 0.723. The van der Waals surface area contributed by atoms with Crippen molar-refractivity contribution >= 4 is 23.0 Å². The molecule has 0 aromatic carbocycles. The zero-order valence-electron chi connectivity index (χ0n) is 11.8. The average molecular weight is 276 g/mol. The van der Waals surface area contributed by atoms with Gasteiger partial charge in [0.2, 0.25) is 0 Å². The lowest BCUT2D eigenvalue weighted by atomic mass is 10.0. The Bertz CT molecular complexity index is 536. The standard InChI is InChI=1S/C14H20N4S/c1-9(2)12-13(15)16-8-17-14(12)18(4)10(3)11-6-5-7-19-11/h5-10H,1-4H3,(H2,15,16,17). The summed E-state index contributed by atoms with van der Waals surface area (Å²) in [5.41, 5.74) is 7.03. The number of hydrogen-bond acceptors (Lipinski definition) is 5. The van der Waals surface area contributed by atoms with Gasteiger partial charge in [-0.25, -0.2) is 9.97 Å². The minimum absolute atomic E-state index is 0.270. The third-order valence-corrected chi connectivity index (χ3v) is 4.38. The van der Waals surface area contributed by atoms with Crippen molar-refractivity contribution in [2.75, 3.05) is 17.7 Å². The van der Waals surface area contributed by atoms with Gasteiger partial charge in [0, 0.05) is 17.5 Å². The number of anilines is 2. The van der Waals surface area contributed by atoms with Gasteiger partial charge in [0.15, 0.2) is 0 Å². The molecular formula is C14H20N4S. The summed E-state index contributed by atoms with van der Waals surface area (Å²) in [5.74, 6) is 1.79. The van der Waals surface area contributed by atoms with E-state index in [0.29, 0.717) is 11.7 Å². The van der Waals surface area contributed by atoms with Crippen molar-refractivity contribution in [1.29, 1.82) is 0 Å². The van der Waals surface area contributed by atoms with Crippen LogP contribution in [0.3, 0.4) is 0 Å². The van der Waals surface area contributed by atoms with E-state index in [4.69, 9.17) is 5.73 Å². The Kier molecular flexibility index (Phi) is 4.04. The van der Waals surface area contributed by atoms with Gasteiger partial charge in [0.1, 0.15) is 18.0 Å². The third-order valence-electron chi connectivity index (χ3n) is 3.34. The molecule has 0 aliphatic carbocycles. The van der Waals surface area contributed by atoms with Crippen LogP contribution in [0, 0.1) is 0 Å². The molecule has 102 valence electrons. The van der Waals surface area contributed by atoms with Crippen molar-refractivity contribution in [2.24, 2.45) is 0 Å². The van der Waals surface area contributed by atoms with Gasteiger partial charge in [-0.05, 0) is 24.3 Å². The van der Waals surface area contributed by atoms with Crippen LogP contribution in [0.1, 0.15) is 43.2 Å². The van der Waals surface area contributed by atoms with Crippen molar-refractivity contribution in [2.45, 2.75) is 32.7 Å². The molecule has 1 unspecified atom stereocenters. The second kappa shape index (κ2) is 5.57. The summed E-state index contributed by atoms with van der Waals surface area (Å²) in [6.45, 7) is 6.40. The molecule has 0 aliphatic heterocycles. The molecule has 1 atom stereocenters. The van der Waals surface area contributed by atoms with E-state index >= 15 is 0 Å². The fourth-order valence-corrected chi connectivity index (χ4v) is 2.96. The van der Waals surface area contributed by atoms with Crippen LogP contribution in [0.4, 0.5) is 11.6 Å². The fraction of sp³-hybridized carbons (Fsp3) is 0.429. The molecule has 19 heavy (non-hydrogen) atoms. The van der Waals surface area contributed by atoms with Crippen molar-refractivity contribution in [1.82, 2.24) is 9.97 Å². The Morgan fingerprint density at radius 3 is 2.58 bits per heavy atom. The maximum Gasteiger partial charge on any atom is 0.137 e. The monoisotopic (exact) mass is 276 g/mol. The second-order valence-electron chi connectivity index (χ2n) is 4.95. The van der Waals surface area contributed by atoms with Gasteiger partial charge >= 0.3 is 0 Å². The van der Waals surface area contributed by atoms with Crippen molar-refractivity contribution in [3.63, 3.8) is 0 Å². The molecule has 0 spiro atoms. The van der Waals surface area contributed by atoms with Crippen LogP contribution < -0.4 is 10.6 Å². The van der Waals surface area contributed by atoms with Gasteiger partial charge in [0.25, 0.3) is 0 Å². The molecule has 0 fully saturated rings. The lowest BCUT2D eigenvalue weighted by Gasteiger charge is -2.28. The van der Waals surface area contributed by atoms with E-state index in [0.717, 1.165) is 11.4 Å². The number of aromatic nitrogens is 2. The van der Waals surface area contributed by atoms with Crippen LogP contribution in [-0.2, 0) is 0 Å². The van der Waals surface area contributed by atoms with Crippen molar-refractivity contribution in [3.8, 4) is 0 Å². The Hall–Kier alpha value is -1.62. The highest BCUT2D eigenvalue weighted by atomic mass is 32.1. The number of rotatable bonds is 4. The quantitative estimate of drug-likeness (QED) is 0.929. The molecule has 0 saturated heterocycles. The maximum atomic E-state index is 6.00. The summed E-state index contributed by atoms with van der Waals surface area (Å²) in [4.78, 5) is 12.0. The summed E-state index contributed by atoms with van der Waals surface area (Å²) in [6.07, 6.45) is 1.54. The zero-order chi connectivity index (χ0) is 14.0. The number of nitrogens with two attached hydrogens (primary N) is 1. The molecule has 2 aromatic heterocycles. The molecule has 0 saturated carbocycles. The second-order valence-corrected chi connectivity index (χ2v) is 5.93. The molecule has 2 aromatic rings. The maximum absolute atomic E-state index is 6.00. The van der Waals surface area contributed by atoms with E-state index in [-0.39, 0.29) is 6.04 Å². The number of nitrogen functional groups attached to an aromatic ring is 1. The Labute approximate surface area is 118 Å². The molecule has 2 N–H and O–H groups in total. The molecule has 2 rings (SSSR count). The first-order valence-electron chi connectivity index (χ1n) is 6.39. The highest BCUT2D eigenvalue weighted by Crippen LogP contribution is 2.33. The summed E-state index contributed by atoms with van der Waals surface area (Å²) >= 11 is 1.76. The number of thiophene rings is 1. The predicted octanol–water partition coefficient (Wildman–Crippen LogP) is 3.44. The van der Waals surface area contributed by atoms with E-state index in [1.165, 1.54) is 11.2 Å². The summed E-state index contributed by atoms with van der Waals surface area (Å²) < 4.78 is 0. The van der Waals surface area contributed by atoms with Crippen LogP contribution in [0.25, 0.3) is 0 Å². The highest BCUT2D eigenvalue weighted by molar-refractivity contribution is 7.10. The smallest absolute Gasteiger partial charge is 0.137 e. The molecule has 2 heterocycles. The fourth-order valence-electron chi connectivity index (χ4n) is 2.14. The van der Waals surface area contributed by atoms with Gasteiger partial charge < -0.3 is 10.6 Å². The molecule has 5 heteroatoms. The van der Waals surface area contributed by atoms with Crippen LogP contribution in [0.2, 0.25) is 0 Å². The first-order chi connectivity index (χ1) is 9.02. The van der Waals surface area contributed by atoms with Crippen LogP contribution in [-0.4, -0.2) is 17.0 Å². The van der Waals surface area contributed by atoms with E-state index in [1.807, 2.05) is 0 Å². The zero-order valence-corrected chi connectivity index (χ0v) is 12.6. The van der Waals surface area contributed by atoms with Crippen LogP contribution >= 0.6 is 11.3 Å². The van der Waals surface area contributed by atoms with Gasteiger partial charge in [-0.15, -0.1) is 11.3 Å². The first kappa shape index (κ1) is 13.8. The molecular weight excluding hydrogens is 256 g/mol. The Morgan fingerprint density at radius 2 is 2.00 bits per heavy atom. The molecule has 0 bridgehead atoms. The van der Waals surface area contributed by atoms with E-state index < -0.39 is 0 Å². The Balaban J connectivity index is 2.39. The van der Waals surface area contributed by atoms with Gasteiger partial charge in [-0.3, -0.25) is 0 Å². The van der Waals surface area contributed by atoms with E-state index in [1.54, 1.807) is 11.3 Å². The third kappa shape index (κ3) is 2.71. The average Bonchev–Trinajstić information content (AvgIpc) is 2.90. The normalized spacial score (nSPS) is 12.7. The summed E-state index contributed by atoms with van der Waals surface area (Å²) in [6, 6.07) is 4.49. The Morgan fingerprint density at radius 1 is 1.26 bits per heavy atom. The predicted molar refractivity (Wildman–Crippen MR) is 81.7 cm³/mol. The van der Waals surface area contributed by atoms with Crippen LogP contribution in [0.5, 0.6) is 0 Å². The SMILES string of the molecule is CC(C)c1c(N)ncnc1N(C)C(C)c1cccs1. The molecule has 4 nitrogen and oxygen atoms in total. The summed E-state index contributed by atoms with van der Waals surface area (Å²) in [5, 5.41) is 2.09. The topological polar surface area (TPSA) is 55.0 Å². The number of hydrogen-bond donors (Lipinski definition) is 1. The largest absolute Gasteiger partial charge is 0.383 e. The van der Waals surface area contributed by atoms with E-state index in [2.05, 4.69) is 60.2 Å². The molecule has 0 radical (unpaired) electrons. The van der Waals surface area contributed by atoms with Crippen molar-refractivity contribution < 1.29 is 0 Å². The minimum Gasteiger partial charge on any atom is -0.383 e. The van der Waals surface area contributed by atoms with Gasteiger partial charge in [-0.2, -0.15) is 0 Å².